The monoisotopic (exact) mass is 378 g/mol. The van der Waals surface area contributed by atoms with Crippen LogP contribution in [0, 0.1) is 0 Å². The van der Waals surface area contributed by atoms with Crippen LogP contribution in [0.1, 0.15) is 22.8 Å². The van der Waals surface area contributed by atoms with Crippen LogP contribution in [0.15, 0.2) is 55.1 Å². The Morgan fingerprint density at radius 3 is 2.54 bits per heavy atom. The first-order valence-electron chi connectivity index (χ1n) is 9.22. The molecule has 0 radical (unpaired) electrons. The number of hydrogen-bond donors (Lipinski definition) is 0. The van der Waals surface area contributed by atoms with Crippen LogP contribution in [0.4, 0.5) is 0 Å². The van der Waals surface area contributed by atoms with Crippen molar-refractivity contribution in [2.45, 2.75) is 19.1 Å². The summed E-state index contributed by atoms with van der Waals surface area (Å²) in [6, 6.07) is 14.1. The molecule has 6 nitrogen and oxygen atoms in total. The van der Waals surface area contributed by atoms with Gasteiger partial charge in [-0.1, -0.05) is 36.9 Å². The second-order valence-corrected chi connectivity index (χ2v) is 7.06. The molecule has 4 rings (SSSR count). The van der Waals surface area contributed by atoms with Crippen LogP contribution < -0.4 is 9.47 Å². The van der Waals surface area contributed by atoms with E-state index >= 15 is 0 Å². The summed E-state index contributed by atoms with van der Waals surface area (Å²) in [7, 11) is 1.71. The Kier molecular flexibility index (Phi) is 4.55. The first-order chi connectivity index (χ1) is 13.5. The van der Waals surface area contributed by atoms with Crippen LogP contribution in [0.3, 0.4) is 0 Å². The van der Waals surface area contributed by atoms with Crippen LogP contribution in [-0.2, 0) is 4.79 Å². The molecule has 144 valence electrons. The van der Waals surface area contributed by atoms with Gasteiger partial charge in [0.05, 0.1) is 6.54 Å². The third kappa shape index (κ3) is 3.01. The number of fused-ring (bicyclic) bond motifs is 2. The molecule has 0 aromatic heterocycles. The van der Waals surface area contributed by atoms with Gasteiger partial charge in [0.25, 0.3) is 5.91 Å². The molecule has 2 aliphatic rings. The third-order valence-electron chi connectivity index (χ3n) is 5.14. The number of nitrogens with zero attached hydrogens (tertiary/aromatic N) is 2. The number of ether oxygens (including phenoxy) is 2. The molecular formula is C22H22N2O4. The lowest BCUT2D eigenvalue weighted by Crippen LogP contribution is -2.49. The van der Waals surface area contributed by atoms with E-state index < -0.39 is 6.04 Å². The number of amides is 2. The lowest BCUT2D eigenvalue weighted by atomic mass is 10.1. The summed E-state index contributed by atoms with van der Waals surface area (Å²) in [6.45, 7) is 6.47. The molecule has 2 heterocycles. The van der Waals surface area contributed by atoms with Crippen molar-refractivity contribution in [2.24, 2.45) is 0 Å². The number of carbonyl (C=O) groups is 2. The molecule has 2 atom stereocenters. The molecule has 2 unspecified atom stereocenters. The molecule has 0 aliphatic carbocycles. The van der Waals surface area contributed by atoms with Gasteiger partial charge in [0.1, 0.15) is 12.6 Å². The molecule has 0 saturated carbocycles. The Bertz CT molecular complexity index is 920. The van der Waals surface area contributed by atoms with E-state index in [1.165, 1.54) is 4.90 Å². The number of para-hydroxylation sites is 2. The normalized spacial score (nSPS) is 18.6. The third-order valence-corrected chi connectivity index (χ3v) is 5.14. The number of benzene rings is 2. The fourth-order valence-corrected chi connectivity index (χ4v) is 3.69. The van der Waals surface area contributed by atoms with Crippen LogP contribution in [-0.4, -0.2) is 54.0 Å². The summed E-state index contributed by atoms with van der Waals surface area (Å²) < 4.78 is 11.6. The van der Waals surface area contributed by atoms with Crippen LogP contribution >= 0.6 is 0 Å². The summed E-state index contributed by atoms with van der Waals surface area (Å²) in [4.78, 5) is 28.8. The molecule has 2 amide bonds. The number of likely N-dealkylation sites (N-methyl/N-ethyl adjacent to an activating group) is 1. The van der Waals surface area contributed by atoms with Gasteiger partial charge in [0.15, 0.2) is 17.6 Å². The van der Waals surface area contributed by atoms with Gasteiger partial charge < -0.3 is 14.4 Å². The second-order valence-electron chi connectivity index (χ2n) is 7.06. The van der Waals surface area contributed by atoms with E-state index in [-0.39, 0.29) is 17.9 Å². The Morgan fingerprint density at radius 2 is 1.82 bits per heavy atom. The minimum Gasteiger partial charge on any atom is -0.486 e. The maximum Gasteiger partial charge on any atom is 0.259 e. The smallest absolute Gasteiger partial charge is 0.259 e. The minimum atomic E-state index is -0.658. The fourth-order valence-electron chi connectivity index (χ4n) is 3.69. The Hall–Kier alpha value is -3.28. The van der Waals surface area contributed by atoms with Crippen molar-refractivity contribution in [3.05, 3.63) is 66.2 Å². The molecule has 0 spiro atoms. The van der Waals surface area contributed by atoms with Gasteiger partial charge in [-0.3, -0.25) is 14.5 Å². The Balaban J connectivity index is 1.43. The fraction of sp³-hybridized carbons (Fsp3) is 0.273. The van der Waals surface area contributed by atoms with Crippen molar-refractivity contribution < 1.29 is 19.1 Å². The maximum absolute atomic E-state index is 13.0. The Labute approximate surface area is 164 Å². The van der Waals surface area contributed by atoms with Gasteiger partial charge in [0, 0.05) is 23.9 Å². The summed E-state index contributed by atoms with van der Waals surface area (Å²) in [6.07, 6.45) is -0.272. The Morgan fingerprint density at radius 1 is 1.18 bits per heavy atom. The molecule has 2 aromatic rings. The van der Waals surface area contributed by atoms with Crippen molar-refractivity contribution in [2.75, 3.05) is 20.2 Å². The highest BCUT2D eigenvalue weighted by Gasteiger charge is 2.38. The van der Waals surface area contributed by atoms with E-state index in [0.29, 0.717) is 35.9 Å². The minimum absolute atomic E-state index is 0.176. The van der Waals surface area contributed by atoms with E-state index in [1.807, 2.05) is 42.5 Å². The first-order valence-corrected chi connectivity index (χ1v) is 9.22. The molecule has 0 fully saturated rings. The highest BCUT2D eigenvalue weighted by molar-refractivity contribution is 6.10. The highest BCUT2D eigenvalue weighted by atomic mass is 16.6. The first kappa shape index (κ1) is 18.1. The zero-order valence-corrected chi connectivity index (χ0v) is 15.9. The van der Waals surface area contributed by atoms with Crippen molar-refractivity contribution >= 4 is 17.5 Å². The standard InChI is InChI=1S/C22H22N2O4/c1-14-17-8-4-5-9-18(17)22(26)24(14)15(2)21(25)23(3)12-16-13-27-19-10-6-7-11-20(19)28-16/h4-11,15-16H,1,12-13H2,2-3H3. The maximum atomic E-state index is 13.0. The number of rotatable bonds is 4. The summed E-state index contributed by atoms with van der Waals surface area (Å²) in [5.74, 6) is 1.01. The zero-order chi connectivity index (χ0) is 19.8. The van der Waals surface area contributed by atoms with Crippen molar-refractivity contribution in [3.63, 3.8) is 0 Å². The lowest BCUT2D eigenvalue weighted by Gasteiger charge is -2.32. The molecule has 0 bridgehead atoms. The SMILES string of the molecule is C=C1c2ccccc2C(=O)N1C(C)C(=O)N(C)CC1COc2ccccc2O1. The largest absolute Gasteiger partial charge is 0.486 e. The summed E-state index contributed by atoms with van der Waals surface area (Å²) in [5, 5.41) is 0. The van der Waals surface area contributed by atoms with Gasteiger partial charge in [-0.2, -0.15) is 0 Å². The average Bonchev–Trinajstić information content (AvgIpc) is 2.97. The number of carbonyl (C=O) groups excluding carboxylic acids is 2. The van der Waals surface area contributed by atoms with Crippen LogP contribution in [0.5, 0.6) is 11.5 Å². The molecule has 2 aliphatic heterocycles. The van der Waals surface area contributed by atoms with Gasteiger partial charge in [-0.25, -0.2) is 0 Å². The topological polar surface area (TPSA) is 59.1 Å². The van der Waals surface area contributed by atoms with Crippen molar-refractivity contribution in [1.82, 2.24) is 9.80 Å². The van der Waals surface area contributed by atoms with E-state index in [9.17, 15) is 9.59 Å². The molecule has 28 heavy (non-hydrogen) atoms. The second kappa shape index (κ2) is 7.03. The van der Waals surface area contributed by atoms with Gasteiger partial charge in [-0.05, 0) is 25.1 Å². The van der Waals surface area contributed by atoms with E-state index in [2.05, 4.69) is 6.58 Å². The van der Waals surface area contributed by atoms with E-state index in [1.54, 1.807) is 24.9 Å². The van der Waals surface area contributed by atoms with Crippen LogP contribution in [0.25, 0.3) is 5.70 Å². The molecule has 2 aromatic carbocycles. The van der Waals surface area contributed by atoms with Crippen LogP contribution in [0.2, 0.25) is 0 Å². The molecule has 6 heteroatoms. The van der Waals surface area contributed by atoms with Gasteiger partial charge in [0.2, 0.25) is 5.91 Å². The number of hydrogen-bond acceptors (Lipinski definition) is 4. The molecule has 0 N–H and O–H groups in total. The van der Waals surface area contributed by atoms with E-state index in [0.717, 1.165) is 5.56 Å². The average molecular weight is 378 g/mol. The predicted octanol–water partition coefficient (Wildman–Crippen LogP) is 2.80. The van der Waals surface area contributed by atoms with Crippen molar-refractivity contribution in [1.29, 1.82) is 0 Å². The quantitative estimate of drug-likeness (QED) is 0.821. The summed E-state index contributed by atoms with van der Waals surface area (Å²) >= 11 is 0. The zero-order valence-electron chi connectivity index (χ0n) is 15.9. The molecule has 0 saturated heterocycles. The van der Waals surface area contributed by atoms with Gasteiger partial charge in [-0.15, -0.1) is 0 Å². The highest BCUT2D eigenvalue weighted by Crippen LogP contribution is 2.34. The van der Waals surface area contributed by atoms with Crippen molar-refractivity contribution in [3.8, 4) is 11.5 Å². The lowest BCUT2D eigenvalue weighted by molar-refractivity contribution is -0.134. The predicted molar refractivity (Wildman–Crippen MR) is 105 cm³/mol. The summed E-state index contributed by atoms with van der Waals surface area (Å²) in [5.41, 5.74) is 1.91. The van der Waals surface area contributed by atoms with Gasteiger partial charge >= 0.3 is 0 Å². The van der Waals surface area contributed by atoms with E-state index in [4.69, 9.17) is 9.47 Å². The molecular weight excluding hydrogens is 356 g/mol.